The SMILES string of the molecule is O=C(CCN1C(=O)CC(SCCOCCO)C1=O)Nc1ccc2c(c1)C(COC(=O)ON1C(=O)CCC1=O)c1cc(S(=O)(=O)O)ccc1-2. The van der Waals surface area contributed by atoms with Gasteiger partial charge in [0.25, 0.3) is 21.9 Å². The number of nitrogens with zero attached hydrogens (tertiary/aromatic N) is 2. The van der Waals surface area contributed by atoms with Crippen molar-refractivity contribution in [3.8, 4) is 11.1 Å². The Morgan fingerprint density at radius 3 is 2.33 bits per heavy atom. The number of hydrogen-bond donors (Lipinski definition) is 3. The lowest BCUT2D eigenvalue weighted by Crippen LogP contribution is -2.34. The highest BCUT2D eigenvalue weighted by atomic mass is 32.2. The monoisotopic (exact) mass is 705 g/mol. The number of imide groups is 2. The second kappa shape index (κ2) is 14.8. The van der Waals surface area contributed by atoms with Gasteiger partial charge in [0.2, 0.25) is 17.7 Å². The molecule has 16 nitrogen and oxygen atoms in total. The molecule has 18 heteroatoms. The predicted octanol–water partition coefficient (Wildman–Crippen LogP) is 1.46. The van der Waals surface area contributed by atoms with Gasteiger partial charge in [-0.25, -0.2) is 4.79 Å². The summed E-state index contributed by atoms with van der Waals surface area (Å²) in [5.74, 6) is -3.03. The van der Waals surface area contributed by atoms with Gasteiger partial charge in [-0.05, 0) is 46.5 Å². The van der Waals surface area contributed by atoms with E-state index in [0.717, 1.165) is 4.90 Å². The first-order chi connectivity index (χ1) is 22.9. The van der Waals surface area contributed by atoms with Crippen LogP contribution in [0.5, 0.6) is 0 Å². The van der Waals surface area contributed by atoms with Gasteiger partial charge in [0.05, 0.1) is 30.0 Å². The van der Waals surface area contributed by atoms with Crippen LogP contribution in [-0.2, 0) is 48.4 Å². The van der Waals surface area contributed by atoms with Crippen molar-refractivity contribution < 1.29 is 61.2 Å². The fraction of sp³-hybridized carbons (Fsp3) is 0.400. The van der Waals surface area contributed by atoms with Gasteiger partial charge in [0, 0.05) is 49.6 Å². The highest BCUT2D eigenvalue weighted by molar-refractivity contribution is 8.00. The minimum atomic E-state index is -4.59. The summed E-state index contributed by atoms with van der Waals surface area (Å²) >= 11 is 1.27. The van der Waals surface area contributed by atoms with Gasteiger partial charge >= 0.3 is 6.16 Å². The van der Waals surface area contributed by atoms with Crippen LogP contribution in [0.1, 0.15) is 42.7 Å². The first-order valence-corrected chi connectivity index (χ1v) is 17.3. The van der Waals surface area contributed by atoms with Gasteiger partial charge in [0.1, 0.15) is 6.61 Å². The van der Waals surface area contributed by atoms with Crippen LogP contribution in [0.2, 0.25) is 0 Å². The van der Waals surface area contributed by atoms with Crippen LogP contribution in [0.3, 0.4) is 0 Å². The molecule has 48 heavy (non-hydrogen) atoms. The standard InChI is InChI=1S/C30H31N3O13S2/c34-9-10-44-11-12-47-24-15-28(38)32(29(24)39)8-7-25(35)31-17-1-3-19-20-4-2-18(48(41,42)43)14-22(20)23(21(19)13-17)16-45-30(40)46-33-26(36)5-6-27(33)37/h1-4,13-14,23-24,34H,5-12,15-16H2,(H,31,35)(H,41,42,43). The van der Waals surface area contributed by atoms with Gasteiger partial charge in [-0.1, -0.05) is 17.2 Å². The number of ether oxygens (including phenoxy) is 2. The van der Waals surface area contributed by atoms with E-state index in [0.29, 0.717) is 45.4 Å². The molecule has 2 fully saturated rings. The Labute approximate surface area is 278 Å². The molecule has 2 atom stereocenters. The molecule has 1 aliphatic carbocycles. The molecular weight excluding hydrogens is 674 g/mol. The van der Waals surface area contributed by atoms with Crippen molar-refractivity contribution in [2.45, 2.75) is 41.7 Å². The van der Waals surface area contributed by atoms with Gasteiger partial charge in [0.15, 0.2) is 0 Å². The summed E-state index contributed by atoms with van der Waals surface area (Å²) in [6.45, 7) is -0.169. The van der Waals surface area contributed by atoms with Gasteiger partial charge in [-0.2, -0.15) is 8.42 Å². The molecule has 2 aromatic rings. The molecule has 0 spiro atoms. The lowest BCUT2D eigenvalue weighted by Gasteiger charge is -2.17. The Bertz CT molecular complexity index is 1750. The molecule has 0 bridgehead atoms. The van der Waals surface area contributed by atoms with Gasteiger partial charge < -0.3 is 19.9 Å². The van der Waals surface area contributed by atoms with Crippen LogP contribution in [0.15, 0.2) is 41.3 Å². The lowest BCUT2D eigenvalue weighted by molar-refractivity contribution is -0.177. The van der Waals surface area contributed by atoms with E-state index in [9.17, 15) is 41.7 Å². The number of carbonyl (C=O) groups is 6. The number of carbonyl (C=O) groups excluding carboxylic acids is 6. The summed E-state index contributed by atoms with van der Waals surface area (Å²) in [5, 5.41) is 11.2. The molecule has 2 saturated heterocycles. The largest absolute Gasteiger partial charge is 0.533 e. The van der Waals surface area contributed by atoms with Crippen LogP contribution in [0.4, 0.5) is 10.5 Å². The summed E-state index contributed by atoms with van der Waals surface area (Å²) in [7, 11) is -4.59. The number of aliphatic hydroxyl groups is 1. The summed E-state index contributed by atoms with van der Waals surface area (Å²) in [4.78, 5) is 79.5. The third-order valence-electron chi connectivity index (χ3n) is 7.78. The second-order valence-electron chi connectivity index (χ2n) is 10.9. The van der Waals surface area contributed by atoms with Crippen molar-refractivity contribution >= 4 is 63.3 Å². The first-order valence-electron chi connectivity index (χ1n) is 14.8. The molecule has 0 saturated carbocycles. The van der Waals surface area contributed by atoms with Crippen molar-refractivity contribution in [2.75, 3.05) is 44.0 Å². The van der Waals surface area contributed by atoms with E-state index in [1.165, 1.54) is 30.0 Å². The lowest BCUT2D eigenvalue weighted by atomic mass is 9.97. The molecule has 3 aliphatic rings. The Kier molecular flexibility index (Phi) is 10.8. The molecule has 2 aromatic carbocycles. The third kappa shape index (κ3) is 7.84. The molecule has 2 unspecified atom stereocenters. The summed E-state index contributed by atoms with van der Waals surface area (Å²) in [6.07, 6.45) is -1.75. The molecule has 2 aliphatic heterocycles. The number of thioether (sulfide) groups is 1. The van der Waals surface area contributed by atoms with Gasteiger partial charge in [-0.15, -0.1) is 11.8 Å². The average Bonchev–Trinajstić information content (AvgIpc) is 3.63. The minimum absolute atomic E-state index is 0.0114. The smallest absolute Gasteiger partial charge is 0.432 e. The third-order valence-corrected chi connectivity index (χ3v) is 9.81. The quantitative estimate of drug-likeness (QED) is 0.110. The van der Waals surface area contributed by atoms with Crippen molar-refractivity contribution in [1.29, 1.82) is 0 Å². The van der Waals surface area contributed by atoms with E-state index in [2.05, 4.69) is 5.32 Å². The topological polar surface area (TPSA) is 223 Å². The number of anilines is 1. The van der Waals surface area contributed by atoms with Crippen LogP contribution in [0, 0.1) is 0 Å². The van der Waals surface area contributed by atoms with E-state index in [-0.39, 0.29) is 57.3 Å². The number of fused-ring (bicyclic) bond motifs is 3. The maximum Gasteiger partial charge on any atom is 0.533 e. The molecule has 5 amide bonds. The maximum atomic E-state index is 12.9. The number of aliphatic hydroxyl groups excluding tert-OH is 1. The number of nitrogens with one attached hydrogen (secondary N) is 1. The Morgan fingerprint density at radius 2 is 1.65 bits per heavy atom. The zero-order valence-corrected chi connectivity index (χ0v) is 26.9. The summed E-state index contributed by atoms with van der Waals surface area (Å²) in [6, 6.07) is 8.77. The summed E-state index contributed by atoms with van der Waals surface area (Å²) < 4.78 is 43.8. The number of rotatable bonds is 14. The summed E-state index contributed by atoms with van der Waals surface area (Å²) in [5.41, 5.74) is 2.40. The minimum Gasteiger partial charge on any atom is -0.432 e. The van der Waals surface area contributed by atoms with E-state index in [1.54, 1.807) is 18.2 Å². The maximum absolute atomic E-state index is 12.9. The van der Waals surface area contributed by atoms with E-state index in [1.807, 2.05) is 0 Å². The second-order valence-corrected chi connectivity index (χ2v) is 13.6. The normalized spacial score (nSPS) is 18.7. The van der Waals surface area contributed by atoms with E-state index >= 15 is 0 Å². The fourth-order valence-corrected chi connectivity index (χ4v) is 7.08. The zero-order valence-electron chi connectivity index (χ0n) is 25.3. The van der Waals surface area contributed by atoms with Crippen LogP contribution in [-0.4, -0.2) is 108 Å². The molecule has 3 N–H and O–H groups in total. The highest BCUT2D eigenvalue weighted by Crippen LogP contribution is 2.46. The van der Waals surface area contributed by atoms with Gasteiger partial charge in [-0.3, -0.25) is 38.3 Å². The first kappa shape index (κ1) is 35.0. The van der Waals surface area contributed by atoms with Crippen LogP contribution in [0.25, 0.3) is 11.1 Å². The fourth-order valence-electron chi connectivity index (χ4n) is 5.54. The number of amides is 5. The molecule has 5 rings (SSSR count). The average molecular weight is 706 g/mol. The van der Waals surface area contributed by atoms with Crippen molar-refractivity contribution in [3.63, 3.8) is 0 Å². The number of likely N-dealkylation sites (tertiary alicyclic amines) is 1. The molecule has 0 radical (unpaired) electrons. The zero-order chi connectivity index (χ0) is 34.6. The molecular formula is C30H31N3O13S2. The van der Waals surface area contributed by atoms with E-state index in [4.69, 9.17) is 19.4 Å². The van der Waals surface area contributed by atoms with Crippen LogP contribution < -0.4 is 5.32 Å². The molecule has 256 valence electrons. The Morgan fingerprint density at radius 1 is 0.958 bits per heavy atom. The van der Waals surface area contributed by atoms with Crippen molar-refractivity contribution in [3.05, 3.63) is 47.5 Å². The highest BCUT2D eigenvalue weighted by Gasteiger charge is 2.39. The van der Waals surface area contributed by atoms with E-state index < -0.39 is 56.7 Å². The number of benzene rings is 2. The molecule has 0 aromatic heterocycles. The van der Waals surface area contributed by atoms with Crippen molar-refractivity contribution in [1.82, 2.24) is 9.96 Å². The predicted molar refractivity (Wildman–Crippen MR) is 166 cm³/mol. The Hall–Kier alpha value is -4.36. The van der Waals surface area contributed by atoms with Crippen molar-refractivity contribution in [2.24, 2.45) is 0 Å². The van der Waals surface area contributed by atoms with Crippen LogP contribution >= 0.6 is 11.8 Å². The number of hydrogen-bond acceptors (Lipinski definition) is 13. The number of hydroxylamine groups is 2. The Balaban J connectivity index is 1.25. The molecule has 2 heterocycles.